The number of aromatic nitrogens is 1. The number of rotatable bonds is 6. The van der Waals surface area contributed by atoms with Crippen molar-refractivity contribution in [1.82, 2.24) is 15.3 Å². The summed E-state index contributed by atoms with van der Waals surface area (Å²) in [5.41, 5.74) is 4.70. The van der Waals surface area contributed by atoms with Crippen molar-refractivity contribution < 1.29 is 4.79 Å². The number of hydrogen-bond acceptors (Lipinski definition) is 5. The van der Waals surface area contributed by atoms with E-state index in [0.717, 1.165) is 38.3 Å². The monoisotopic (exact) mass is 337 g/mol. The predicted octanol–water partition coefficient (Wildman–Crippen LogP) is 1.74. The number of carbonyl (C=O) groups excluding carboxylic acids is 1. The number of carbonyl (C=O) groups is 1. The summed E-state index contributed by atoms with van der Waals surface area (Å²) in [6.07, 6.45) is 5.45. The lowest BCUT2D eigenvalue weighted by Gasteiger charge is -2.36. The van der Waals surface area contributed by atoms with E-state index in [9.17, 15) is 4.79 Å². The Morgan fingerprint density at radius 1 is 1.12 bits per heavy atom. The van der Waals surface area contributed by atoms with Crippen molar-refractivity contribution in [2.75, 3.05) is 37.6 Å². The molecule has 1 fully saturated rings. The van der Waals surface area contributed by atoms with Crippen molar-refractivity contribution in [1.29, 1.82) is 0 Å². The van der Waals surface area contributed by atoms with Crippen LogP contribution in [-0.4, -0.2) is 54.7 Å². The Labute approximate surface area is 148 Å². The summed E-state index contributed by atoms with van der Waals surface area (Å²) in [7, 11) is 0. The van der Waals surface area contributed by atoms with E-state index in [0.29, 0.717) is 6.42 Å². The molecule has 1 saturated heterocycles. The molecule has 1 aromatic heterocycles. The molecule has 0 aliphatic carbocycles. The van der Waals surface area contributed by atoms with Crippen LogP contribution in [0.4, 0.5) is 5.69 Å². The lowest BCUT2D eigenvalue weighted by molar-refractivity contribution is -0.121. The fourth-order valence-electron chi connectivity index (χ4n) is 2.82. The lowest BCUT2D eigenvalue weighted by Crippen LogP contribution is -2.47. The van der Waals surface area contributed by atoms with E-state index in [4.69, 9.17) is 0 Å². The molecule has 2 aromatic rings. The maximum Gasteiger partial charge on any atom is 0.241 e. The summed E-state index contributed by atoms with van der Waals surface area (Å²) < 4.78 is 0. The summed E-state index contributed by atoms with van der Waals surface area (Å²) >= 11 is 0. The van der Waals surface area contributed by atoms with E-state index in [2.05, 4.69) is 49.6 Å². The van der Waals surface area contributed by atoms with Crippen LogP contribution in [0.15, 0.2) is 60.0 Å². The van der Waals surface area contributed by atoms with Gasteiger partial charge in [0.2, 0.25) is 5.91 Å². The molecule has 0 atom stereocenters. The Hall–Kier alpha value is -2.73. The number of piperazine rings is 1. The highest BCUT2D eigenvalue weighted by Gasteiger charge is 2.17. The van der Waals surface area contributed by atoms with Crippen molar-refractivity contribution in [3.8, 4) is 0 Å². The molecular weight excluding hydrogens is 314 g/mol. The van der Waals surface area contributed by atoms with Gasteiger partial charge in [-0.25, -0.2) is 5.43 Å². The predicted molar refractivity (Wildman–Crippen MR) is 99.7 cm³/mol. The fourth-order valence-corrected chi connectivity index (χ4v) is 2.82. The van der Waals surface area contributed by atoms with Gasteiger partial charge < -0.3 is 4.90 Å². The Balaban J connectivity index is 1.35. The van der Waals surface area contributed by atoms with Crippen LogP contribution in [0.3, 0.4) is 0 Å². The van der Waals surface area contributed by atoms with Crippen LogP contribution in [-0.2, 0) is 4.79 Å². The minimum Gasteiger partial charge on any atom is -0.369 e. The zero-order chi connectivity index (χ0) is 17.3. The minimum atomic E-state index is -0.0642. The summed E-state index contributed by atoms with van der Waals surface area (Å²) in [4.78, 5) is 20.6. The highest BCUT2D eigenvalue weighted by molar-refractivity contribution is 5.82. The zero-order valence-corrected chi connectivity index (χ0v) is 14.2. The molecule has 2 heterocycles. The molecule has 1 amide bonds. The quantitative estimate of drug-likeness (QED) is 0.644. The van der Waals surface area contributed by atoms with Crippen molar-refractivity contribution in [2.24, 2.45) is 5.10 Å². The van der Waals surface area contributed by atoms with E-state index in [1.54, 1.807) is 18.6 Å². The molecule has 1 N–H and O–H groups in total. The first-order valence-electron chi connectivity index (χ1n) is 8.55. The van der Waals surface area contributed by atoms with Gasteiger partial charge in [-0.05, 0) is 18.2 Å². The molecule has 1 aliphatic heterocycles. The van der Waals surface area contributed by atoms with E-state index >= 15 is 0 Å². The Bertz CT molecular complexity index is 681. The minimum absolute atomic E-state index is 0.0642. The topological polar surface area (TPSA) is 60.8 Å². The first kappa shape index (κ1) is 17.1. The number of pyridine rings is 1. The third-order valence-corrected chi connectivity index (χ3v) is 4.24. The highest BCUT2D eigenvalue weighted by Crippen LogP contribution is 2.15. The molecule has 130 valence electrons. The Morgan fingerprint density at radius 3 is 2.64 bits per heavy atom. The molecule has 1 aliphatic rings. The van der Waals surface area contributed by atoms with Crippen LogP contribution in [0.25, 0.3) is 0 Å². The largest absolute Gasteiger partial charge is 0.369 e. The van der Waals surface area contributed by atoms with Gasteiger partial charge in [-0.3, -0.25) is 14.7 Å². The van der Waals surface area contributed by atoms with Gasteiger partial charge in [0.05, 0.1) is 6.21 Å². The lowest BCUT2D eigenvalue weighted by atomic mass is 10.2. The van der Waals surface area contributed by atoms with E-state index in [1.165, 1.54) is 5.69 Å². The van der Waals surface area contributed by atoms with Crippen molar-refractivity contribution >= 4 is 17.8 Å². The highest BCUT2D eigenvalue weighted by atomic mass is 16.2. The zero-order valence-electron chi connectivity index (χ0n) is 14.2. The van der Waals surface area contributed by atoms with Gasteiger partial charge in [0.25, 0.3) is 0 Å². The fraction of sp³-hybridized carbons (Fsp3) is 0.316. The van der Waals surface area contributed by atoms with Crippen LogP contribution < -0.4 is 10.3 Å². The molecule has 0 unspecified atom stereocenters. The molecule has 6 nitrogen and oxygen atoms in total. The number of anilines is 1. The van der Waals surface area contributed by atoms with Crippen molar-refractivity contribution in [2.45, 2.75) is 6.42 Å². The summed E-state index contributed by atoms with van der Waals surface area (Å²) in [5, 5.41) is 3.97. The molecule has 3 rings (SSSR count). The van der Waals surface area contributed by atoms with Gasteiger partial charge in [-0.15, -0.1) is 0 Å². The number of nitrogens with one attached hydrogen (secondary N) is 1. The Kier molecular flexibility index (Phi) is 6.11. The molecule has 25 heavy (non-hydrogen) atoms. The molecular formula is C19H23N5O. The molecule has 0 saturated carbocycles. The number of amides is 1. The van der Waals surface area contributed by atoms with E-state index in [-0.39, 0.29) is 5.91 Å². The van der Waals surface area contributed by atoms with Gasteiger partial charge in [0.1, 0.15) is 0 Å². The van der Waals surface area contributed by atoms with E-state index < -0.39 is 0 Å². The number of hydrazone groups is 1. The van der Waals surface area contributed by atoms with Crippen molar-refractivity contribution in [3.05, 3.63) is 60.4 Å². The third kappa shape index (κ3) is 5.39. The first-order chi connectivity index (χ1) is 12.3. The second kappa shape index (κ2) is 8.94. The molecule has 0 radical (unpaired) electrons. The van der Waals surface area contributed by atoms with E-state index in [1.807, 2.05) is 18.2 Å². The van der Waals surface area contributed by atoms with Crippen molar-refractivity contribution in [3.63, 3.8) is 0 Å². The summed E-state index contributed by atoms with van der Waals surface area (Å²) in [6.45, 7) is 4.69. The standard InChI is InChI=1S/C19H23N5O/c25-19(22-21-16-17-5-4-9-20-15-17)8-10-23-11-13-24(14-12-23)18-6-2-1-3-7-18/h1-7,9,15-16H,8,10-14H2,(H,22,25)/b21-16+. The third-order valence-electron chi connectivity index (χ3n) is 4.24. The SMILES string of the molecule is O=C(CCN1CCN(c2ccccc2)CC1)N/N=C/c1cccnc1. The first-order valence-corrected chi connectivity index (χ1v) is 8.55. The number of nitrogens with zero attached hydrogens (tertiary/aromatic N) is 4. The average Bonchev–Trinajstić information content (AvgIpc) is 2.68. The van der Waals surface area contributed by atoms with Gasteiger partial charge in [-0.1, -0.05) is 24.3 Å². The number of hydrogen-bond donors (Lipinski definition) is 1. The van der Waals surface area contributed by atoms with Gasteiger partial charge in [-0.2, -0.15) is 5.10 Å². The van der Waals surface area contributed by atoms with Crippen LogP contribution >= 0.6 is 0 Å². The van der Waals surface area contributed by atoms with Crippen LogP contribution in [0.1, 0.15) is 12.0 Å². The normalized spacial score (nSPS) is 15.4. The van der Waals surface area contributed by atoms with Gasteiger partial charge >= 0.3 is 0 Å². The summed E-state index contributed by atoms with van der Waals surface area (Å²) in [5.74, 6) is -0.0642. The summed E-state index contributed by atoms with van der Waals surface area (Å²) in [6, 6.07) is 14.2. The molecule has 0 bridgehead atoms. The molecule has 1 aromatic carbocycles. The van der Waals surface area contributed by atoms with Crippen LogP contribution in [0, 0.1) is 0 Å². The molecule has 0 spiro atoms. The average molecular weight is 337 g/mol. The number of benzene rings is 1. The number of para-hydroxylation sites is 1. The second-order valence-corrected chi connectivity index (χ2v) is 5.99. The molecule has 6 heteroatoms. The van der Waals surface area contributed by atoms with Crippen LogP contribution in [0.5, 0.6) is 0 Å². The van der Waals surface area contributed by atoms with Gasteiger partial charge in [0.15, 0.2) is 0 Å². The maximum absolute atomic E-state index is 11.9. The van der Waals surface area contributed by atoms with Gasteiger partial charge in [0, 0.05) is 62.8 Å². The maximum atomic E-state index is 11.9. The Morgan fingerprint density at radius 2 is 1.92 bits per heavy atom. The second-order valence-electron chi connectivity index (χ2n) is 5.99. The van der Waals surface area contributed by atoms with Crippen LogP contribution in [0.2, 0.25) is 0 Å². The smallest absolute Gasteiger partial charge is 0.241 e.